The molecule has 3 aliphatic carbocycles. The lowest BCUT2D eigenvalue weighted by Gasteiger charge is -2.52. The van der Waals surface area contributed by atoms with E-state index in [1.165, 1.54) is 36.8 Å². The summed E-state index contributed by atoms with van der Waals surface area (Å²) >= 11 is 3.44. The molecule has 86 valence electrons. The Morgan fingerprint density at radius 2 is 1.44 bits per heavy atom. The molecule has 0 atom stereocenters. The normalized spacial score (nSPS) is 36.2. The molecule has 1 aromatic carbocycles. The number of phenolic OH excluding ortho intramolecular Hbond substituents is 1. The zero-order valence-corrected chi connectivity index (χ0v) is 11.4. The maximum Gasteiger partial charge on any atom is 0.130 e. The highest BCUT2D eigenvalue weighted by atomic mass is 79.9. The topological polar surface area (TPSA) is 20.2 Å². The minimum absolute atomic E-state index is 0.297. The molecule has 0 saturated heterocycles. The number of benzene rings is 1. The highest BCUT2D eigenvalue weighted by Crippen LogP contribution is 2.57. The molecule has 2 heteroatoms. The SMILES string of the molecule is CC12CCC(C)(CC1)c1cc(Br)c(O)cc12. The van der Waals surface area contributed by atoms with Gasteiger partial charge >= 0.3 is 0 Å². The number of hydrogen-bond donors (Lipinski definition) is 1. The van der Waals surface area contributed by atoms with Crippen molar-refractivity contribution in [3.05, 3.63) is 27.7 Å². The fraction of sp³-hybridized carbons (Fsp3) is 0.571. The van der Waals surface area contributed by atoms with E-state index >= 15 is 0 Å². The van der Waals surface area contributed by atoms with Crippen LogP contribution in [0.5, 0.6) is 5.75 Å². The Balaban J connectivity index is 2.30. The van der Waals surface area contributed by atoms with Crippen LogP contribution in [-0.4, -0.2) is 5.11 Å². The van der Waals surface area contributed by atoms with Gasteiger partial charge in [0.15, 0.2) is 0 Å². The third-order valence-electron chi connectivity index (χ3n) is 4.84. The molecule has 0 heterocycles. The summed E-state index contributed by atoms with van der Waals surface area (Å²) in [6.07, 6.45) is 5.09. The highest BCUT2D eigenvalue weighted by Gasteiger charge is 2.47. The molecule has 0 unspecified atom stereocenters. The van der Waals surface area contributed by atoms with Crippen molar-refractivity contribution >= 4 is 15.9 Å². The average Bonchev–Trinajstić information content (AvgIpc) is 2.24. The first-order valence-corrected chi connectivity index (χ1v) is 6.77. The molecule has 0 aliphatic heterocycles. The van der Waals surface area contributed by atoms with E-state index in [0.29, 0.717) is 16.6 Å². The number of fused-ring (bicyclic) bond motifs is 2. The van der Waals surface area contributed by atoms with Gasteiger partial charge in [0, 0.05) is 0 Å². The Bertz CT molecular complexity index is 413. The van der Waals surface area contributed by atoms with Gasteiger partial charge in [0.2, 0.25) is 0 Å². The molecule has 1 aromatic rings. The predicted octanol–water partition coefficient (Wildman–Crippen LogP) is 4.26. The summed E-state index contributed by atoms with van der Waals surface area (Å²) in [5.74, 6) is 0.385. The van der Waals surface area contributed by atoms with E-state index in [2.05, 4.69) is 35.8 Å². The summed E-state index contributed by atoms with van der Waals surface area (Å²) in [5, 5.41) is 9.85. The number of aromatic hydroxyl groups is 1. The molecule has 1 nitrogen and oxygen atoms in total. The van der Waals surface area contributed by atoms with Gasteiger partial charge in [-0.3, -0.25) is 0 Å². The van der Waals surface area contributed by atoms with Gasteiger partial charge in [-0.25, -0.2) is 0 Å². The zero-order valence-electron chi connectivity index (χ0n) is 9.81. The van der Waals surface area contributed by atoms with Crippen LogP contribution in [0.15, 0.2) is 16.6 Å². The molecule has 1 N–H and O–H groups in total. The Hall–Kier alpha value is -0.500. The molecule has 0 spiro atoms. The highest BCUT2D eigenvalue weighted by molar-refractivity contribution is 9.10. The standard InChI is InChI=1S/C14H17BrO/c1-13-3-5-14(2,6-4-13)10-8-12(16)11(15)7-9(10)13/h7-8,16H,3-6H2,1-2H3. The molecule has 1 fully saturated rings. The van der Waals surface area contributed by atoms with Crippen molar-refractivity contribution in [3.63, 3.8) is 0 Å². The van der Waals surface area contributed by atoms with Crippen molar-refractivity contribution in [2.24, 2.45) is 0 Å². The van der Waals surface area contributed by atoms with Gasteiger partial charge in [-0.15, -0.1) is 0 Å². The molecular formula is C14H17BrO. The van der Waals surface area contributed by atoms with Crippen LogP contribution in [-0.2, 0) is 10.8 Å². The molecule has 2 bridgehead atoms. The van der Waals surface area contributed by atoms with Gasteiger partial charge < -0.3 is 5.11 Å². The van der Waals surface area contributed by atoms with Crippen LogP contribution in [0.1, 0.15) is 50.7 Å². The minimum Gasteiger partial charge on any atom is -0.507 e. The van der Waals surface area contributed by atoms with Gasteiger partial charge in [-0.1, -0.05) is 13.8 Å². The third-order valence-corrected chi connectivity index (χ3v) is 5.48. The van der Waals surface area contributed by atoms with Crippen molar-refractivity contribution < 1.29 is 5.11 Å². The van der Waals surface area contributed by atoms with E-state index < -0.39 is 0 Å². The van der Waals surface area contributed by atoms with Gasteiger partial charge in [0.1, 0.15) is 5.75 Å². The van der Waals surface area contributed by atoms with Crippen LogP contribution in [0, 0.1) is 0 Å². The van der Waals surface area contributed by atoms with E-state index in [4.69, 9.17) is 0 Å². The molecule has 0 aromatic heterocycles. The van der Waals surface area contributed by atoms with Crippen molar-refractivity contribution in [1.82, 2.24) is 0 Å². The van der Waals surface area contributed by atoms with Crippen LogP contribution in [0.25, 0.3) is 0 Å². The molecule has 0 radical (unpaired) electrons. The Labute approximate surface area is 105 Å². The fourth-order valence-corrected chi connectivity index (χ4v) is 3.80. The van der Waals surface area contributed by atoms with Gasteiger partial charge in [0.05, 0.1) is 4.47 Å². The molecule has 16 heavy (non-hydrogen) atoms. The van der Waals surface area contributed by atoms with Crippen LogP contribution < -0.4 is 0 Å². The predicted molar refractivity (Wildman–Crippen MR) is 69.0 cm³/mol. The summed E-state index contributed by atoms with van der Waals surface area (Å²) in [6.45, 7) is 4.71. The van der Waals surface area contributed by atoms with E-state index in [1.807, 2.05) is 6.07 Å². The summed E-state index contributed by atoms with van der Waals surface area (Å²) < 4.78 is 0.837. The Kier molecular flexibility index (Phi) is 2.02. The lowest BCUT2D eigenvalue weighted by molar-refractivity contribution is 0.187. The molecule has 3 aliphatic rings. The first-order valence-electron chi connectivity index (χ1n) is 5.98. The monoisotopic (exact) mass is 280 g/mol. The molecule has 1 saturated carbocycles. The molecular weight excluding hydrogens is 264 g/mol. The maximum atomic E-state index is 9.85. The van der Waals surface area contributed by atoms with E-state index in [-0.39, 0.29) is 0 Å². The van der Waals surface area contributed by atoms with Crippen molar-refractivity contribution in [2.45, 2.75) is 50.4 Å². The van der Waals surface area contributed by atoms with Gasteiger partial charge in [0.25, 0.3) is 0 Å². The second kappa shape index (κ2) is 3.04. The quantitative estimate of drug-likeness (QED) is 0.753. The molecule has 4 rings (SSSR count). The van der Waals surface area contributed by atoms with E-state index in [1.54, 1.807) is 0 Å². The number of rotatable bonds is 0. The lowest BCUT2D eigenvalue weighted by atomic mass is 9.52. The number of phenols is 1. The van der Waals surface area contributed by atoms with Crippen molar-refractivity contribution in [3.8, 4) is 5.75 Å². The lowest BCUT2D eigenvalue weighted by Crippen LogP contribution is -2.44. The first-order chi connectivity index (χ1) is 7.45. The zero-order chi connectivity index (χ0) is 11.6. The van der Waals surface area contributed by atoms with Gasteiger partial charge in [-0.05, 0) is 75.7 Å². The number of halogens is 1. The fourth-order valence-electron chi connectivity index (χ4n) is 3.45. The summed E-state index contributed by atoms with van der Waals surface area (Å²) in [5.41, 5.74) is 3.47. The summed E-state index contributed by atoms with van der Waals surface area (Å²) in [6, 6.07) is 4.12. The van der Waals surface area contributed by atoms with Crippen LogP contribution in [0.4, 0.5) is 0 Å². The van der Waals surface area contributed by atoms with Crippen LogP contribution >= 0.6 is 15.9 Å². The van der Waals surface area contributed by atoms with Crippen molar-refractivity contribution in [1.29, 1.82) is 0 Å². The summed E-state index contributed by atoms with van der Waals surface area (Å²) in [7, 11) is 0. The second-order valence-electron chi connectivity index (χ2n) is 5.97. The summed E-state index contributed by atoms with van der Waals surface area (Å²) in [4.78, 5) is 0. The second-order valence-corrected chi connectivity index (χ2v) is 6.82. The van der Waals surface area contributed by atoms with Crippen LogP contribution in [0.2, 0.25) is 0 Å². The minimum atomic E-state index is 0.297. The molecule has 0 amide bonds. The Morgan fingerprint density at radius 3 is 1.94 bits per heavy atom. The largest absolute Gasteiger partial charge is 0.507 e. The Morgan fingerprint density at radius 1 is 1.00 bits per heavy atom. The maximum absolute atomic E-state index is 9.85. The van der Waals surface area contributed by atoms with Crippen molar-refractivity contribution in [2.75, 3.05) is 0 Å². The van der Waals surface area contributed by atoms with Gasteiger partial charge in [-0.2, -0.15) is 0 Å². The van der Waals surface area contributed by atoms with E-state index in [9.17, 15) is 5.11 Å². The smallest absolute Gasteiger partial charge is 0.130 e. The third kappa shape index (κ3) is 1.22. The number of hydrogen-bond acceptors (Lipinski definition) is 1. The first kappa shape index (κ1) is 10.6. The van der Waals surface area contributed by atoms with E-state index in [0.717, 1.165) is 4.47 Å². The van der Waals surface area contributed by atoms with Crippen LogP contribution in [0.3, 0.4) is 0 Å². The average molecular weight is 281 g/mol.